The Bertz CT molecular complexity index is 657. The highest BCUT2D eigenvalue weighted by atomic mass is 35.5. The van der Waals surface area contributed by atoms with Crippen LogP contribution in [0.25, 0.3) is 11.0 Å². The second-order valence-corrected chi connectivity index (χ2v) is 5.03. The van der Waals surface area contributed by atoms with Gasteiger partial charge in [-0.05, 0) is 19.9 Å². The molecule has 0 saturated carbocycles. The van der Waals surface area contributed by atoms with Crippen LogP contribution in [0.4, 0.5) is 4.39 Å². The van der Waals surface area contributed by atoms with E-state index in [9.17, 15) is 9.18 Å². The summed E-state index contributed by atoms with van der Waals surface area (Å²) in [4.78, 5) is 16.3. The van der Waals surface area contributed by atoms with Crippen LogP contribution in [0.3, 0.4) is 0 Å². The Kier molecular flexibility index (Phi) is 4.50. The number of amides is 1. The summed E-state index contributed by atoms with van der Waals surface area (Å²) in [5.74, 6) is -0.0994. The Morgan fingerprint density at radius 1 is 1.55 bits per heavy atom. The van der Waals surface area contributed by atoms with Gasteiger partial charge in [-0.15, -0.1) is 11.6 Å². The number of hydrogen-bond acceptors (Lipinski definition) is 2. The van der Waals surface area contributed by atoms with Crippen molar-refractivity contribution in [1.29, 1.82) is 0 Å². The van der Waals surface area contributed by atoms with Gasteiger partial charge >= 0.3 is 0 Å². The van der Waals surface area contributed by atoms with E-state index < -0.39 is 11.9 Å². The van der Waals surface area contributed by atoms with Crippen LogP contribution in [-0.4, -0.2) is 22.0 Å². The molecule has 0 bridgehead atoms. The van der Waals surface area contributed by atoms with Gasteiger partial charge in [-0.1, -0.05) is 11.6 Å². The van der Waals surface area contributed by atoms with Crippen LogP contribution in [0.5, 0.6) is 0 Å². The SMILES string of the molecule is CCNC(=O)C(C)n1c(CCl)nc2cc(Cl)c(F)cc21. The first-order chi connectivity index (χ1) is 9.49. The average Bonchev–Trinajstić information content (AvgIpc) is 2.76. The van der Waals surface area contributed by atoms with Gasteiger partial charge < -0.3 is 9.88 Å². The molecule has 1 aromatic carbocycles. The monoisotopic (exact) mass is 317 g/mol. The van der Waals surface area contributed by atoms with Crippen LogP contribution >= 0.6 is 23.2 Å². The van der Waals surface area contributed by atoms with Crippen molar-refractivity contribution in [3.63, 3.8) is 0 Å². The predicted octanol–water partition coefficient (Wildman–Crippen LogP) is 3.26. The molecule has 0 fully saturated rings. The Morgan fingerprint density at radius 2 is 2.25 bits per heavy atom. The topological polar surface area (TPSA) is 46.9 Å². The van der Waals surface area contributed by atoms with E-state index in [-0.39, 0.29) is 16.8 Å². The number of alkyl halides is 1. The van der Waals surface area contributed by atoms with Crippen LogP contribution in [-0.2, 0) is 10.7 Å². The summed E-state index contributed by atoms with van der Waals surface area (Å²) in [6.07, 6.45) is 0. The highest BCUT2D eigenvalue weighted by Gasteiger charge is 2.21. The van der Waals surface area contributed by atoms with E-state index in [0.717, 1.165) is 0 Å². The summed E-state index contributed by atoms with van der Waals surface area (Å²) >= 11 is 11.6. The number of benzene rings is 1. The number of rotatable bonds is 4. The molecule has 0 radical (unpaired) electrons. The van der Waals surface area contributed by atoms with Crippen molar-refractivity contribution in [2.45, 2.75) is 25.8 Å². The zero-order valence-electron chi connectivity index (χ0n) is 11.1. The third-order valence-corrected chi connectivity index (χ3v) is 3.57. The quantitative estimate of drug-likeness (QED) is 0.880. The fourth-order valence-electron chi connectivity index (χ4n) is 2.11. The minimum absolute atomic E-state index is 0.00562. The molecular weight excluding hydrogens is 304 g/mol. The van der Waals surface area contributed by atoms with Gasteiger partial charge in [-0.25, -0.2) is 9.37 Å². The van der Waals surface area contributed by atoms with Crippen molar-refractivity contribution in [3.05, 3.63) is 28.8 Å². The van der Waals surface area contributed by atoms with E-state index in [1.165, 1.54) is 12.1 Å². The Labute approximate surface area is 125 Å². The van der Waals surface area contributed by atoms with Gasteiger partial charge in [-0.2, -0.15) is 0 Å². The van der Waals surface area contributed by atoms with Crippen molar-refractivity contribution < 1.29 is 9.18 Å². The predicted molar refractivity (Wildman–Crippen MR) is 77.7 cm³/mol. The number of carbonyl (C=O) groups is 1. The fourth-order valence-corrected chi connectivity index (χ4v) is 2.45. The van der Waals surface area contributed by atoms with Crippen molar-refractivity contribution in [2.75, 3.05) is 6.54 Å². The van der Waals surface area contributed by atoms with Gasteiger partial charge in [0.15, 0.2) is 0 Å². The molecule has 0 spiro atoms. The molecular formula is C13H14Cl2FN3O. The number of nitrogens with zero attached hydrogens (tertiary/aromatic N) is 2. The Balaban J connectivity index is 2.60. The van der Waals surface area contributed by atoms with Crippen LogP contribution < -0.4 is 5.32 Å². The highest BCUT2D eigenvalue weighted by Crippen LogP contribution is 2.27. The van der Waals surface area contributed by atoms with Crippen LogP contribution in [0.15, 0.2) is 12.1 Å². The first-order valence-corrected chi connectivity index (χ1v) is 7.10. The Hall–Kier alpha value is -1.33. The number of carbonyl (C=O) groups excluding carboxylic acids is 1. The summed E-state index contributed by atoms with van der Waals surface area (Å²) < 4.78 is 15.3. The largest absolute Gasteiger partial charge is 0.355 e. The number of imidazole rings is 1. The minimum atomic E-state index is -0.551. The zero-order valence-corrected chi connectivity index (χ0v) is 12.6. The smallest absolute Gasteiger partial charge is 0.242 e. The van der Waals surface area contributed by atoms with E-state index in [2.05, 4.69) is 10.3 Å². The third-order valence-electron chi connectivity index (χ3n) is 3.04. The second-order valence-electron chi connectivity index (χ2n) is 4.36. The molecule has 1 N–H and O–H groups in total. The summed E-state index contributed by atoms with van der Waals surface area (Å²) in [6.45, 7) is 4.07. The average molecular weight is 318 g/mol. The highest BCUT2D eigenvalue weighted by molar-refractivity contribution is 6.31. The molecule has 1 atom stereocenters. The normalized spacial score (nSPS) is 12.7. The molecule has 1 unspecified atom stereocenters. The van der Waals surface area contributed by atoms with Crippen LogP contribution in [0.1, 0.15) is 25.7 Å². The first kappa shape index (κ1) is 15.1. The number of nitrogens with one attached hydrogen (secondary N) is 1. The molecule has 2 aromatic rings. The van der Waals surface area contributed by atoms with Gasteiger partial charge in [0.1, 0.15) is 17.7 Å². The molecule has 7 heteroatoms. The standard InChI is InChI=1S/C13H14Cl2FN3O/c1-3-17-13(20)7(2)19-11-5-9(16)8(15)4-10(11)18-12(19)6-14/h4-5,7H,3,6H2,1-2H3,(H,17,20). The van der Waals surface area contributed by atoms with Gasteiger partial charge in [0, 0.05) is 12.6 Å². The number of hydrogen-bond donors (Lipinski definition) is 1. The van der Waals surface area contributed by atoms with E-state index in [4.69, 9.17) is 23.2 Å². The molecule has 0 aliphatic rings. The number of likely N-dealkylation sites (N-methyl/N-ethyl adjacent to an activating group) is 1. The number of aromatic nitrogens is 2. The number of fused-ring (bicyclic) bond motifs is 1. The van der Waals surface area contributed by atoms with Gasteiger partial charge in [-0.3, -0.25) is 4.79 Å². The molecule has 20 heavy (non-hydrogen) atoms. The minimum Gasteiger partial charge on any atom is -0.355 e. The lowest BCUT2D eigenvalue weighted by Gasteiger charge is -2.16. The maximum absolute atomic E-state index is 13.6. The van der Waals surface area contributed by atoms with Crippen LogP contribution in [0.2, 0.25) is 5.02 Å². The van der Waals surface area contributed by atoms with Crippen molar-refractivity contribution >= 4 is 40.1 Å². The third kappa shape index (κ3) is 2.60. The summed E-state index contributed by atoms with van der Waals surface area (Å²) in [7, 11) is 0. The molecule has 1 heterocycles. The van der Waals surface area contributed by atoms with Gasteiger partial charge in [0.05, 0.1) is 21.9 Å². The van der Waals surface area contributed by atoms with E-state index in [1.807, 2.05) is 6.92 Å². The van der Waals surface area contributed by atoms with E-state index in [0.29, 0.717) is 23.4 Å². The van der Waals surface area contributed by atoms with Crippen LogP contribution in [0, 0.1) is 5.82 Å². The van der Waals surface area contributed by atoms with E-state index >= 15 is 0 Å². The zero-order chi connectivity index (χ0) is 14.9. The molecule has 108 valence electrons. The summed E-state index contributed by atoms with van der Waals surface area (Å²) in [5, 5.41) is 2.72. The van der Waals surface area contributed by atoms with Gasteiger partial charge in [0.25, 0.3) is 0 Å². The van der Waals surface area contributed by atoms with E-state index in [1.54, 1.807) is 11.5 Å². The summed E-state index contributed by atoms with van der Waals surface area (Å²) in [6, 6.07) is 2.17. The lowest BCUT2D eigenvalue weighted by atomic mass is 10.2. The number of halogens is 3. The van der Waals surface area contributed by atoms with Crippen molar-refractivity contribution in [2.24, 2.45) is 0 Å². The maximum Gasteiger partial charge on any atom is 0.242 e. The van der Waals surface area contributed by atoms with Crippen molar-refractivity contribution in [1.82, 2.24) is 14.9 Å². The first-order valence-electron chi connectivity index (χ1n) is 6.19. The molecule has 0 aliphatic carbocycles. The Morgan fingerprint density at radius 3 is 2.85 bits per heavy atom. The van der Waals surface area contributed by atoms with Gasteiger partial charge in [0.2, 0.25) is 5.91 Å². The maximum atomic E-state index is 13.6. The summed E-state index contributed by atoms with van der Waals surface area (Å²) in [5.41, 5.74) is 1.02. The second kappa shape index (κ2) is 5.97. The molecule has 0 saturated heterocycles. The van der Waals surface area contributed by atoms with Crippen molar-refractivity contribution in [3.8, 4) is 0 Å². The molecule has 1 amide bonds. The molecule has 4 nitrogen and oxygen atoms in total. The fraction of sp³-hybridized carbons (Fsp3) is 0.385. The molecule has 0 aliphatic heterocycles. The lowest BCUT2D eigenvalue weighted by molar-refractivity contribution is -0.123. The lowest BCUT2D eigenvalue weighted by Crippen LogP contribution is -2.31. The molecule has 1 aromatic heterocycles. The molecule has 2 rings (SSSR count).